The third kappa shape index (κ3) is 4.18. The SMILES string of the molecule is COC(=O)CCCOc1cc(F)ccc1Br. The average Bonchev–Trinajstić information content (AvgIpc) is 2.28. The summed E-state index contributed by atoms with van der Waals surface area (Å²) in [6, 6.07) is 4.21. The molecular weight excluding hydrogens is 279 g/mol. The molecule has 5 heteroatoms. The van der Waals surface area contributed by atoms with Gasteiger partial charge in [0.05, 0.1) is 18.2 Å². The molecule has 0 atom stereocenters. The maximum Gasteiger partial charge on any atom is 0.305 e. The van der Waals surface area contributed by atoms with Gasteiger partial charge in [-0.05, 0) is 34.5 Å². The molecule has 0 heterocycles. The Bertz CT molecular complexity index is 368. The first kappa shape index (κ1) is 13.0. The Morgan fingerprint density at radius 1 is 1.50 bits per heavy atom. The van der Waals surface area contributed by atoms with Gasteiger partial charge in [-0.3, -0.25) is 4.79 Å². The van der Waals surface area contributed by atoms with E-state index in [-0.39, 0.29) is 11.8 Å². The van der Waals surface area contributed by atoms with Crippen molar-refractivity contribution >= 4 is 21.9 Å². The van der Waals surface area contributed by atoms with E-state index in [1.165, 1.54) is 19.2 Å². The predicted molar refractivity (Wildman–Crippen MR) is 60.8 cm³/mol. The van der Waals surface area contributed by atoms with Gasteiger partial charge in [0, 0.05) is 12.5 Å². The molecule has 0 saturated carbocycles. The van der Waals surface area contributed by atoms with Crippen molar-refractivity contribution in [2.24, 2.45) is 0 Å². The third-order valence-corrected chi connectivity index (χ3v) is 2.56. The van der Waals surface area contributed by atoms with Gasteiger partial charge in [0.1, 0.15) is 11.6 Å². The molecular formula is C11H12BrFO3. The van der Waals surface area contributed by atoms with Crippen LogP contribution >= 0.6 is 15.9 Å². The zero-order valence-corrected chi connectivity index (χ0v) is 10.4. The van der Waals surface area contributed by atoms with Crippen LogP contribution in [0.25, 0.3) is 0 Å². The van der Waals surface area contributed by atoms with Gasteiger partial charge in [-0.15, -0.1) is 0 Å². The highest BCUT2D eigenvalue weighted by Gasteiger charge is 2.04. The number of halogens is 2. The zero-order valence-electron chi connectivity index (χ0n) is 8.83. The van der Waals surface area contributed by atoms with Gasteiger partial charge in [-0.1, -0.05) is 0 Å². The second-order valence-electron chi connectivity index (χ2n) is 3.10. The summed E-state index contributed by atoms with van der Waals surface area (Å²) in [4.78, 5) is 10.8. The molecule has 0 bridgehead atoms. The van der Waals surface area contributed by atoms with Crippen molar-refractivity contribution in [3.63, 3.8) is 0 Å². The lowest BCUT2D eigenvalue weighted by Crippen LogP contribution is -2.04. The van der Waals surface area contributed by atoms with Crippen molar-refractivity contribution in [3.05, 3.63) is 28.5 Å². The molecule has 1 aromatic rings. The first-order valence-electron chi connectivity index (χ1n) is 4.78. The van der Waals surface area contributed by atoms with Crippen LogP contribution in [0.15, 0.2) is 22.7 Å². The Hall–Kier alpha value is -1.10. The van der Waals surface area contributed by atoms with Crippen LogP contribution < -0.4 is 4.74 Å². The van der Waals surface area contributed by atoms with E-state index in [0.717, 1.165) is 0 Å². The van der Waals surface area contributed by atoms with E-state index < -0.39 is 0 Å². The second kappa shape index (κ2) is 6.48. The number of rotatable bonds is 5. The maximum absolute atomic E-state index is 12.9. The lowest BCUT2D eigenvalue weighted by molar-refractivity contribution is -0.140. The normalized spacial score (nSPS) is 9.94. The Labute approximate surface area is 102 Å². The standard InChI is InChI=1S/C11H12BrFO3/c1-15-11(14)3-2-6-16-10-7-8(13)4-5-9(10)12/h4-5,7H,2-3,6H2,1H3. The summed E-state index contributed by atoms with van der Waals surface area (Å²) < 4.78 is 23.4. The van der Waals surface area contributed by atoms with Crippen molar-refractivity contribution in [1.82, 2.24) is 0 Å². The number of ether oxygens (including phenoxy) is 2. The largest absolute Gasteiger partial charge is 0.492 e. The molecule has 0 amide bonds. The Morgan fingerprint density at radius 3 is 2.94 bits per heavy atom. The van der Waals surface area contributed by atoms with E-state index in [1.54, 1.807) is 6.07 Å². The van der Waals surface area contributed by atoms with Crippen LogP contribution in [0.5, 0.6) is 5.75 Å². The smallest absolute Gasteiger partial charge is 0.305 e. The number of hydrogen-bond donors (Lipinski definition) is 0. The van der Waals surface area contributed by atoms with Crippen LogP contribution in [0.2, 0.25) is 0 Å². The fourth-order valence-corrected chi connectivity index (χ4v) is 1.45. The number of methoxy groups -OCH3 is 1. The molecule has 0 fully saturated rings. The number of carbonyl (C=O) groups is 1. The lowest BCUT2D eigenvalue weighted by Gasteiger charge is -2.07. The molecule has 3 nitrogen and oxygen atoms in total. The summed E-state index contributed by atoms with van der Waals surface area (Å²) in [5, 5.41) is 0. The Morgan fingerprint density at radius 2 is 2.25 bits per heavy atom. The fraction of sp³-hybridized carbons (Fsp3) is 0.364. The molecule has 0 unspecified atom stereocenters. The van der Waals surface area contributed by atoms with Crippen LogP contribution in [0.3, 0.4) is 0 Å². The summed E-state index contributed by atoms with van der Waals surface area (Å²) in [6.07, 6.45) is 0.832. The highest BCUT2D eigenvalue weighted by atomic mass is 79.9. The van der Waals surface area contributed by atoms with Crippen LogP contribution in [0.1, 0.15) is 12.8 Å². The molecule has 0 aliphatic carbocycles. The van der Waals surface area contributed by atoms with E-state index in [4.69, 9.17) is 4.74 Å². The number of benzene rings is 1. The van der Waals surface area contributed by atoms with Crippen LogP contribution in [-0.4, -0.2) is 19.7 Å². The predicted octanol–water partition coefficient (Wildman–Crippen LogP) is 2.92. The van der Waals surface area contributed by atoms with Gasteiger partial charge in [0.25, 0.3) is 0 Å². The van der Waals surface area contributed by atoms with Gasteiger partial charge < -0.3 is 9.47 Å². The van der Waals surface area contributed by atoms with Crippen molar-refractivity contribution in [2.45, 2.75) is 12.8 Å². The fourth-order valence-electron chi connectivity index (χ4n) is 1.09. The minimum atomic E-state index is -0.355. The van der Waals surface area contributed by atoms with Crippen LogP contribution in [0, 0.1) is 5.82 Å². The van der Waals surface area contributed by atoms with Crippen molar-refractivity contribution in [1.29, 1.82) is 0 Å². The molecule has 1 aromatic carbocycles. The monoisotopic (exact) mass is 290 g/mol. The number of hydrogen-bond acceptors (Lipinski definition) is 3. The minimum absolute atomic E-state index is 0.276. The van der Waals surface area contributed by atoms with Gasteiger partial charge in [0.2, 0.25) is 0 Å². The first-order valence-corrected chi connectivity index (χ1v) is 5.57. The molecule has 0 aromatic heterocycles. The summed E-state index contributed by atoms with van der Waals surface area (Å²) in [6.45, 7) is 0.344. The summed E-state index contributed by atoms with van der Waals surface area (Å²) >= 11 is 3.24. The third-order valence-electron chi connectivity index (χ3n) is 1.90. The van der Waals surface area contributed by atoms with E-state index in [9.17, 15) is 9.18 Å². The molecule has 0 saturated heterocycles. The first-order chi connectivity index (χ1) is 7.63. The molecule has 88 valence electrons. The van der Waals surface area contributed by atoms with Crippen LogP contribution in [0.4, 0.5) is 4.39 Å². The van der Waals surface area contributed by atoms with Crippen LogP contribution in [-0.2, 0) is 9.53 Å². The summed E-state index contributed by atoms with van der Waals surface area (Å²) in [5.41, 5.74) is 0. The van der Waals surface area contributed by atoms with Crippen molar-refractivity contribution in [3.8, 4) is 5.75 Å². The molecule has 0 aliphatic heterocycles. The minimum Gasteiger partial charge on any atom is -0.492 e. The number of esters is 1. The Kier molecular flexibility index (Phi) is 5.25. The van der Waals surface area contributed by atoms with Gasteiger partial charge in [-0.2, -0.15) is 0 Å². The van der Waals surface area contributed by atoms with Gasteiger partial charge in [-0.25, -0.2) is 4.39 Å². The molecule has 0 N–H and O–H groups in total. The highest BCUT2D eigenvalue weighted by Crippen LogP contribution is 2.25. The highest BCUT2D eigenvalue weighted by molar-refractivity contribution is 9.10. The average molecular weight is 291 g/mol. The quantitative estimate of drug-likeness (QED) is 0.618. The van der Waals surface area contributed by atoms with E-state index >= 15 is 0 Å². The summed E-state index contributed by atoms with van der Waals surface area (Å²) in [7, 11) is 1.34. The zero-order chi connectivity index (χ0) is 12.0. The molecule has 0 spiro atoms. The molecule has 0 radical (unpaired) electrons. The van der Waals surface area contributed by atoms with E-state index in [0.29, 0.717) is 29.7 Å². The molecule has 0 aliphatic rings. The lowest BCUT2D eigenvalue weighted by atomic mass is 10.3. The molecule has 1 rings (SSSR count). The van der Waals surface area contributed by atoms with Gasteiger partial charge >= 0.3 is 5.97 Å². The van der Waals surface area contributed by atoms with Crippen molar-refractivity contribution in [2.75, 3.05) is 13.7 Å². The topological polar surface area (TPSA) is 35.5 Å². The summed E-state index contributed by atoms with van der Waals surface area (Å²) in [5.74, 6) is -0.196. The van der Waals surface area contributed by atoms with Gasteiger partial charge in [0.15, 0.2) is 0 Å². The molecule has 16 heavy (non-hydrogen) atoms. The Balaban J connectivity index is 2.37. The van der Waals surface area contributed by atoms with E-state index in [2.05, 4.69) is 20.7 Å². The van der Waals surface area contributed by atoms with Crippen molar-refractivity contribution < 1.29 is 18.7 Å². The van der Waals surface area contributed by atoms with E-state index in [1.807, 2.05) is 0 Å². The maximum atomic E-state index is 12.9. The number of carbonyl (C=O) groups excluding carboxylic acids is 1. The second-order valence-corrected chi connectivity index (χ2v) is 3.96.